The topological polar surface area (TPSA) is 59.1 Å². The average molecular weight is 403 g/mol. The van der Waals surface area contributed by atoms with Crippen LogP contribution in [0.4, 0.5) is 0 Å². The van der Waals surface area contributed by atoms with E-state index >= 15 is 0 Å². The summed E-state index contributed by atoms with van der Waals surface area (Å²) in [6.07, 6.45) is 2.74. The molecule has 3 atom stereocenters. The first-order chi connectivity index (χ1) is 14.1. The van der Waals surface area contributed by atoms with E-state index in [1.165, 1.54) is 5.56 Å². The van der Waals surface area contributed by atoms with Crippen molar-refractivity contribution < 1.29 is 19.1 Å². The molecule has 0 N–H and O–H groups in total. The Kier molecular flexibility index (Phi) is 8.07. The van der Waals surface area contributed by atoms with Crippen LogP contribution in [0.2, 0.25) is 0 Å². The maximum atomic E-state index is 12.8. The molecule has 0 spiro atoms. The Hall–Kier alpha value is -1.92. The van der Waals surface area contributed by atoms with Gasteiger partial charge in [-0.2, -0.15) is 0 Å². The number of hydrogen-bond donors (Lipinski definition) is 0. The van der Waals surface area contributed by atoms with Gasteiger partial charge in [0.2, 0.25) is 0 Å². The molecule has 2 fully saturated rings. The molecule has 2 heterocycles. The fraction of sp³-hybridized carbons (Fsp3) is 0.652. The van der Waals surface area contributed by atoms with Crippen LogP contribution >= 0.6 is 0 Å². The molecule has 6 nitrogen and oxygen atoms in total. The molecule has 2 aliphatic heterocycles. The maximum absolute atomic E-state index is 12.8. The minimum absolute atomic E-state index is 0.0890. The number of carbonyl (C=O) groups excluding carboxylic acids is 2. The van der Waals surface area contributed by atoms with Crippen LogP contribution in [0.25, 0.3) is 0 Å². The van der Waals surface area contributed by atoms with Crippen LogP contribution in [0.5, 0.6) is 0 Å². The number of nitrogens with zero attached hydrogens (tertiary/aromatic N) is 2. The van der Waals surface area contributed by atoms with E-state index in [0.29, 0.717) is 26.3 Å². The van der Waals surface area contributed by atoms with E-state index in [4.69, 9.17) is 9.47 Å². The minimum atomic E-state index is -0.187. The molecule has 0 bridgehead atoms. The monoisotopic (exact) mass is 402 g/mol. The van der Waals surface area contributed by atoms with Gasteiger partial charge in [0.15, 0.2) is 0 Å². The molecule has 2 aliphatic rings. The summed E-state index contributed by atoms with van der Waals surface area (Å²) in [7, 11) is 0. The molecule has 1 aromatic rings. The van der Waals surface area contributed by atoms with Crippen molar-refractivity contribution in [2.75, 3.05) is 39.4 Å². The van der Waals surface area contributed by atoms with Crippen molar-refractivity contribution in [3.63, 3.8) is 0 Å². The smallest absolute Gasteiger partial charge is 0.311 e. The lowest BCUT2D eigenvalue weighted by Crippen LogP contribution is -2.56. The summed E-state index contributed by atoms with van der Waals surface area (Å²) >= 11 is 0. The van der Waals surface area contributed by atoms with Crippen molar-refractivity contribution in [3.05, 3.63) is 35.9 Å². The average Bonchev–Trinajstić information content (AvgIpc) is 2.75. The largest absolute Gasteiger partial charge is 0.466 e. The fourth-order valence-electron chi connectivity index (χ4n) is 4.67. The molecular formula is C23H34N2O4. The van der Waals surface area contributed by atoms with Crippen LogP contribution in [-0.4, -0.2) is 67.2 Å². The van der Waals surface area contributed by atoms with Crippen molar-refractivity contribution in [2.45, 2.75) is 45.7 Å². The Bertz CT molecular complexity index is 666. The Balaban J connectivity index is 1.68. The van der Waals surface area contributed by atoms with Gasteiger partial charge in [-0.15, -0.1) is 0 Å². The molecular weight excluding hydrogens is 368 g/mol. The third-order valence-electron chi connectivity index (χ3n) is 6.04. The van der Waals surface area contributed by atoms with Gasteiger partial charge in [0, 0.05) is 32.2 Å². The summed E-state index contributed by atoms with van der Waals surface area (Å²) in [4.78, 5) is 29.7. The van der Waals surface area contributed by atoms with E-state index in [-0.39, 0.29) is 29.8 Å². The second-order valence-corrected chi connectivity index (χ2v) is 8.02. The minimum Gasteiger partial charge on any atom is -0.466 e. The predicted octanol–water partition coefficient (Wildman–Crippen LogP) is 2.72. The second-order valence-electron chi connectivity index (χ2n) is 8.02. The molecule has 3 unspecified atom stereocenters. The Morgan fingerprint density at radius 2 is 1.69 bits per heavy atom. The highest BCUT2D eigenvalue weighted by Gasteiger charge is 2.41. The zero-order chi connectivity index (χ0) is 20.6. The second kappa shape index (κ2) is 10.7. The standard InChI is InChI=1S/C23H34N2O4/c1-3-28-22(26)19-11-8-13-25(16-19)21-12-14-24(15-18-9-6-5-7-10-18)17-20(21)23(27)29-4-2/h5-7,9-10,19-21H,3-4,8,11-17H2,1-2H3. The first kappa shape index (κ1) is 21.8. The van der Waals surface area contributed by atoms with Gasteiger partial charge in [-0.25, -0.2) is 0 Å². The van der Waals surface area contributed by atoms with Gasteiger partial charge < -0.3 is 9.47 Å². The summed E-state index contributed by atoms with van der Waals surface area (Å²) in [5.74, 6) is -0.498. The van der Waals surface area contributed by atoms with Gasteiger partial charge in [-0.3, -0.25) is 19.4 Å². The van der Waals surface area contributed by atoms with E-state index in [1.807, 2.05) is 32.0 Å². The summed E-state index contributed by atoms with van der Waals surface area (Å²) in [5, 5.41) is 0. The van der Waals surface area contributed by atoms with Crippen molar-refractivity contribution >= 4 is 11.9 Å². The highest BCUT2D eigenvalue weighted by Crippen LogP contribution is 2.29. The van der Waals surface area contributed by atoms with Crippen molar-refractivity contribution in [2.24, 2.45) is 11.8 Å². The van der Waals surface area contributed by atoms with Gasteiger partial charge in [-0.05, 0) is 45.2 Å². The lowest BCUT2D eigenvalue weighted by Gasteiger charge is -2.45. The number of carbonyl (C=O) groups is 2. The number of benzene rings is 1. The number of ether oxygens (including phenoxy) is 2. The van der Waals surface area contributed by atoms with Crippen LogP contribution in [0.15, 0.2) is 30.3 Å². The highest BCUT2D eigenvalue weighted by atomic mass is 16.5. The van der Waals surface area contributed by atoms with Gasteiger partial charge in [0.1, 0.15) is 0 Å². The van der Waals surface area contributed by atoms with Crippen molar-refractivity contribution in [3.8, 4) is 0 Å². The summed E-state index contributed by atoms with van der Waals surface area (Å²) < 4.78 is 10.7. The Morgan fingerprint density at radius 3 is 2.41 bits per heavy atom. The highest BCUT2D eigenvalue weighted by molar-refractivity contribution is 5.74. The third kappa shape index (κ3) is 5.80. The molecule has 0 radical (unpaired) electrons. The molecule has 6 heteroatoms. The maximum Gasteiger partial charge on any atom is 0.311 e. The van der Waals surface area contributed by atoms with E-state index < -0.39 is 0 Å². The predicted molar refractivity (Wildman–Crippen MR) is 111 cm³/mol. The van der Waals surface area contributed by atoms with Crippen LogP contribution in [-0.2, 0) is 25.6 Å². The number of esters is 2. The van der Waals surface area contributed by atoms with Crippen molar-refractivity contribution in [1.82, 2.24) is 9.80 Å². The Labute approximate surface area is 174 Å². The number of likely N-dealkylation sites (tertiary alicyclic amines) is 2. The molecule has 3 rings (SSSR count). The first-order valence-electron chi connectivity index (χ1n) is 11.0. The molecule has 1 aromatic carbocycles. The quantitative estimate of drug-likeness (QED) is 0.654. The summed E-state index contributed by atoms with van der Waals surface area (Å²) in [6.45, 7) is 8.59. The van der Waals surface area contributed by atoms with Crippen LogP contribution in [0, 0.1) is 11.8 Å². The number of hydrogen-bond acceptors (Lipinski definition) is 6. The summed E-state index contributed by atoms with van der Waals surface area (Å²) in [6, 6.07) is 10.5. The molecule has 160 valence electrons. The molecule has 0 saturated carbocycles. The van der Waals surface area contributed by atoms with Crippen molar-refractivity contribution in [1.29, 1.82) is 0 Å². The van der Waals surface area contributed by atoms with Gasteiger partial charge >= 0.3 is 11.9 Å². The van der Waals surface area contributed by atoms with Gasteiger partial charge in [0.05, 0.1) is 25.0 Å². The van der Waals surface area contributed by atoms with E-state index in [0.717, 1.165) is 38.9 Å². The molecule has 29 heavy (non-hydrogen) atoms. The van der Waals surface area contributed by atoms with Crippen LogP contribution in [0.1, 0.15) is 38.7 Å². The normalized spacial score (nSPS) is 26.1. The lowest BCUT2D eigenvalue weighted by atomic mass is 9.87. The zero-order valence-electron chi connectivity index (χ0n) is 17.7. The number of piperidine rings is 2. The first-order valence-corrected chi connectivity index (χ1v) is 11.0. The summed E-state index contributed by atoms with van der Waals surface area (Å²) in [5.41, 5.74) is 1.26. The lowest BCUT2D eigenvalue weighted by molar-refractivity contribution is -0.155. The zero-order valence-corrected chi connectivity index (χ0v) is 17.7. The molecule has 0 amide bonds. The van der Waals surface area contributed by atoms with Crippen LogP contribution < -0.4 is 0 Å². The van der Waals surface area contributed by atoms with E-state index in [2.05, 4.69) is 21.9 Å². The van der Waals surface area contributed by atoms with E-state index in [9.17, 15) is 9.59 Å². The molecule has 0 aliphatic carbocycles. The molecule has 0 aromatic heterocycles. The van der Waals surface area contributed by atoms with Gasteiger partial charge in [0.25, 0.3) is 0 Å². The fourth-order valence-corrected chi connectivity index (χ4v) is 4.67. The molecule has 2 saturated heterocycles. The SMILES string of the molecule is CCOC(=O)C1CCCN(C2CCN(Cc3ccccc3)CC2C(=O)OCC)C1. The number of rotatable bonds is 7. The van der Waals surface area contributed by atoms with Crippen LogP contribution in [0.3, 0.4) is 0 Å². The van der Waals surface area contributed by atoms with E-state index in [1.54, 1.807) is 0 Å². The van der Waals surface area contributed by atoms with Gasteiger partial charge in [-0.1, -0.05) is 30.3 Å². The third-order valence-corrected chi connectivity index (χ3v) is 6.04. The Morgan fingerprint density at radius 1 is 0.966 bits per heavy atom.